The van der Waals surface area contributed by atoms with Gasteiger partial charge in [0.15, 0.2) is 11.6 Å². The quantitative estimate of drug-likeness (QED) is 0.0312. The maximum atomic E-state index is 15.6. The SMILES string of the molecule is CCCC[C@H]1C(=O)N(C)CC(=O)C[C@@H](COC=O)C(=O)C[C@@H](CCC(=O)O)C(=O)N(C)[C@@H](Cc2ccccc2)C(=O)N[C@@H](Cc2ccc(O)cc2)C(=O)N(C)CC(=O)N[C@@H](Cc2c[nH]c3ccccc23)C(=O)N[C@@H](Cc2ccc(O)cc2)C(=O)N[C@@H](CC(C)C)C(=O)N[C@H](C(=O)CCC(N)=O)CSCC(=O)N[C@@H](Cc2ccccc2)C(=O)N(C)[C@@H](Cc2ccccc2)C(=O)N1C. The lowest BCUT2D eigenvalue weighted by Gasteiger charge is -2.37. The fraction of sp³-hybridized carbons (Fsp3) is 0.427. The molecule has 1 aliphatic rings. The van der Waals surface area contributed by atoms with Gasteiger partial charge in [0.1, 0.15) is 72.2 Å². The molecule has 11 atom stereocenters. The van der Waals surface area contributed by atoms with E-state index in [0.717, 1.165) is 26.5 Å². The summed E-state index contributed by atoms with van der Waals surface area (Å²) in [5, 5.41) is 48.1. The van der Waals surface area contributed by atoms with E-state index in [9.17, 15) is 53.7 Å². The summed E-state index contributed by atoms with van der Waals surface area (Å²) in [5.74, 6) is -18.5. The first-order valence-electron chi connectivity index (χ1n) is 43.5. The van der Waals surface area contributed by atoms with Gasteiger partial charge in [-0.1, -0.05) is 167 Å². The Hall–Kier alpha value is -13.6. The zero-order chi connectivity index (χ0) is 95.5. The minimum absolute atomic E-state index is 0.0291. The number of para-hydroxylation sites is 1. The number of rotatable bonds is 27. The molecule has 12 N–H and O–H groups in total. The second-order valence-corrected chi connectivity index (χ2v) is 34.6. The number of ether oxygens (including phenoxy) is 1. The average molecular weight is 1820 g/mol. The second-order valence-electron chi connectivity index (χ2n) is 33.5. The number of nitrogens with one attached hydrogen (secondary N) is 7. The number of phenolic OH excluding ortho intramolecular Hbond substituents is 2. The summed E-state index contributed by atoms with van der Waals surface area (Å²) < 4.78 is 5.10. The second kappa shape index (κ2) is 51.0. The van der Waals surface area contributed by atoms with Gasteiger partial charge in [0.05, 0.1) is 30.8 Å². The largest absolute Gasteiger partial charge is 0.508 e. The van der Waals surface area contributed by atoms with Gasteiger partial charge in [-0.3, -0.25) is 81.5 Å². The van der Waals surface area contributed by atoms with Gasteiger partial charge in [0.25, 0.3) is 6.47 Å². The number of fused-ring (bicyclic) bond motifs is 1. The fourth-order valence-electron chi connectivity index (χ4n) is 15.6. The molecule has 131 heavy (non-hydrogen) atoms. The van der Waals surface area contributed by atoms with Crippen LogP contribution < -0.4 is 37.6 Å². The monoisotopic (exact) mass is 1820 g/mol. The number of carbonyl (C=O) groups is 17. The number of aromatic nitrogens is 1. The van der Waals surface area contributed by atoms with Gasteiger partial charge >= 0.3 is 5.97 Å². The smallest absolute Gasteiger partial charge is 0.303 e. The van der Waals surface area contributed by atoms with Crippen molar-refractivity contribution < 1.29 is 102 Å². The van der Waals surface area contributed by atoms with Crippen molar-refractivity contribution in [2.45, 2.75) is 178 Å². The number of aromatic amines is 1. The first-order valence-corrected chi connectivity index (χ1v) is 44.7. The molecule has 8 rings (SSSR count). The Morgan fingerprint density at radius 2 is 0.977 bits per heavy atom. The van der Waals surface area contributed by atoms with E-state index in [4.69, 9.17) is 10.5 Å². The number of unbranched alkanes of at least 4 members (excludes halogenated alkanes) is 1. The highest BCUT2D eigenvalue weighted by Crippen LogP contribution is 2.27. The van der Waals surface area contributed by atoms with Gasteiger partial charge in [-0.2, -0.15) is 0 Å². The number of carbonyl (C=O) groups excluding carboxylic acids is 16. The molecule has 34 nitrogen and oxygen atoms in total. The van der Waals surface area contributed by atoms with Crippen LogP contribution >= 0.6 is 11.8 Å². The molecule has 0 saturated carbocycles. The number of primary amides is 1. The summed E-state index contributed by atoms with van der Waals surface area (Å²) in [6.45, 7) is 3.17. The van der Waals surface area contributed by atoms with Crippen LogP contribution in [0.1, 0.15) is 118 Å². The molecule has 1 aliphatic heterocycles. The molecule has 0 bridgehead atoms. The summed E-state index contributed by atoms with van der Waals surface area (Å²) >= 11 is 0.867. The molecular weight excluding hydrogens is 1700 g/mol. The maximum Gasteiger partial charge on any atom is 0.303 e. The van der Waals surface area contributed by atoms with Crippen molar-refractivity contribution in [2.75, 3.05) is 66.4 Å². The number of phenols is 2. The van der Waals surface area contributed by atoms with Gasteiger partial charge < -0.3 is 87.2 Å². The lowest BCUT2D eigenvalue weighted by molar-refractivity contribution is -0.151. The molecule has 6 aromatic carbocycles. The molecular formula is C96H119N13O21S. The van der Waals surface area contributed by atoms with Crippen molar-refractivity contribution in [3.63, 3.8) is 0 Å². The lowest BCUT2D eigenvalue weighted by Crippen LogP contribution is -2.59. The number of carboxylic acid groups (broad SMARTS) is 1. The van der Waals surface area contributed by atoms with E-state index < -0.39 is 224 Å². The number of nitrogens with two attached hydrogens (primary N) is 1. The Morgan fingerprint density at radius 3 is 1.54 bits per heavy atom. The molecule has 0 unspecified atom stereocenters. The zero-order valence-corrected chi connectivity index (χ0v) is 75.7. The molecule has 7 aromatic rings. The highest BCUT2D eigenvalue weighted by Gasteiger charge is 2.42. The van der Waals surface area contributed by atoms with Gasteiger partial charge in [-0.15, -0.1) is 11.8 Å². The van der Waals surface area contributed by atoms with Crippen LogP contribution in [0.4, 0.5) is 0 Å². The van der Waals surface area contributed by atoms with E-state index in [0.29, 0.717) is 57.1 Å². The molecule has 35 heteroatoms. The number of nitrogens with zero attached hydrogens (tertiary/aromatic N) is 5. The third-order valence-corrected chi connectivity index (χ3v) is 23.9. The van der Waals surface area contributed by atoms with E-state index >= 15 is 43.2 Å². The number of carboxylic acids is 1. The third kappa shape index (κ3) is 31.9. The van der Waals surface area contributed by atoms with Crippen LogP contribution in [0.3, 0.4) is 0 Å². The summed E-state index contributed by atoms with van der Waals surface area (Å²) in [6.07, 6.45) is -2.50. The van der Waals surface area contributed by atoms with Crippen LogP contribution in [-0.2, 0) is 125 Å². The summed E-state index contributed by atoms with van der Waals surface area (Å²) in [7, 11) is 6.54. The first-order chi connectivity index (χ1) is 62.5. The van der Waals surface area contributed by atoms with E-state index in [1.54, 1.807) is 135 Å². The predicted molar refractivity (Wildman–Crippen MR) is 487 cm³/mol. The number of Topliss-reactive ketones (excluding diaryl/α,β-unsaturated/α-hetero) is 3. The molecule has 2 heterocycles. The number of ketones is 3. The molecule has 1 aromatic heterocycles. The Morgan fingerprint density at radius 1 is 0.489 bits per heavy atom. The Kier molecular flexibility index (Phi) is 40.0. The minimum Gasteiger partial charge on any atom is -0.508 e. The third-order valence-electron chi connectivity index (χ3n) is 22.9. The van der Waals surface area contributed by atoms with Gasteiger partial charge in [0.2, 0.25) is 70.9 Å². The van der Waals surface area contributed by atoms with Crippen LogP contribution in [0, 0.1) is 17.8 Å². The number of likely N-dealkylation sites (N-methyl/N-ethyl adjacent to an activating group) is 5. The highest BCUT2D eigenvalue weighted by atomic mass is 32.2. The number of hydrogen-bond acceptors (Lipinski definition) is 21. The highest BCUT2D eigenvalue weighted by molar-refractivity contribution is 8.00. The molecule has 0 spiro atoms. The summed E-state index contributed by atoms with van der Waals surface area (Å²) in [5.41, 5.74) is 9.12. The Balaban J connectivity index is 1.22. The molecule has 700 valence electrons. The van der Waals surface area contributed by atoms with Crippen LogP contribution in [-0.4, -0.2) is 266 Å². The van der Waals surface area contributed by atoms with Crippen LogP contribution in [0.5, 0.6) is 11.5 Å². The fourth-order valence-corrected chi connectivity index (χ4v) is 16.5. The van der Waals surface area contributed by atoms with Crippen LogP contribution in [0.2, 0.25) is 0 Å². The lowest BCUT2D eigenvalue weighted by atomic mass is 9.87. The zero-order valence-electron chi connectivity index (χ0n) is 74.9. The normalized spacial score (nSPS) is 21.8. The summed E-state index contributed by atoms with van der Waals surface area (Å²) in [6, 6.07) is 30.6. The molecule has 12 amide bonds. The van der Waals surface area contributed by atoms with Crippen molar-refractivity contribution in [1.82, 2.24) is 61.4 Å². The van der Waals surface area contributed by atoms with E-state index in [1.807, 2.05) is 6.92 Å². The van der Waals surface area contributed by atoms with Crippen LogP contribution in [0.25, 0.3) is 10.9 Å². The van der Waals surface area contributed by atoms with Crippen LogP contribution in [0.15, 0.2) is 170 Å². The molecule has 1 saturated heterocycles. The van der Waals surface area contributed by atoms with Crippen molar-refractivity contribution >= 4 is 123 Å². The van der Waals surface area contributed by atoms with Gasteiger partial charge in [0, 0.05) is 135 Å². The number of aromatic hydroxyl groups is 2. The number of thioether (sulfide) groups is 1. The van der Waals surface area contributed by atoms with E-state index in [-0.39, 0.29) is 81.0 Å². The number of aliphatic carboxylic acids is 1. The van der Waals surface area contributed by atoms with Crippen molar-refractivity contribution in [1.29, 1.82) is 0 Å². The number of amides is 12. The number of H-pyrrole nitrogens is 1. The van der Waals surface area contributed by atoms with Gasteiger partial charge in [-0.05, 0) is 88.9 Å². The minimum atomic E-state index is -1.60. The van der Waals surface area contributed by atoms with Crippen molar-refractivity contribution in [3.8, 4) is 11.5 Å². The first kappa shape index (κ1) is 103. The summed E-state index contributed by atoms with van der Waals surface area (Å²) in [4.78, 5) is 256. The predicted octanol–water partition coefficient (Wildman–Crippen LogP) is 4.65. The number of benzene rings is 6. The molecule has 1 fully saturated rings. The molecule has 0 radical (unpaired) electrons. The topological polar surface area (TPSA) is 490 Å². The maximum absolute atomic E-state index is 15.6. The number of hydrogen-bond donors (Lipinski definition) is 11. The van der Waals surface area contributed by atoms with E-state index in [2.05, 4.69) is 36.9 Å². The van der Waals surface area contributed by atoms with Crippen molar-refractivity contribution in [2.24, 2.45) is 23.5 Å². The molecule has 0 aliphatic carbocycles. The van der Waals surface area contributed by atoms with Gasteiger partial charge in [-0.25, -0.2) is 0 Å². The average Bonchev–Trinajstić information content (AvgIpc) is 1.66. The van der Waals surface area contributed by atoms with Crippen molar-refractivity contribution in [3.05, 3.63) is 203 Å². The Bertz CT molecular complexity index is 5120. The standard InChI is InChI=1S/C96H119N13O21S/c1-9-10-30-79-95(128)105(4)53-70(113)49-67(55-130-58-110)83(115)51-65(35-42-87(119)120)92(125)108(7)80(47-61-24-16-12-17-25-61)91(124)103-76(46-64-33-38-69(112)39-34-64)93(126)106(5)54-85(117)99-75(50-66-52-98-72-29-21-20-28-71(66)72)90(123)102-74(44-63-31-36-68(111)37-32-63)89(122)101-73(43-59(2)3)88(121)104-78(82(114)40-41-84(97)116)56-131-57-86(118)100-77(45-60-22-14-11-15-23-60)94(127)109(8)81(96(129)107(79)6)48-62-26-18-13-19-27-62/h11-29,31-34,36-39,52,58-59,65,67,73-81,98,111-112H,9-10,30,35,40-51,53-57H2,1-8H3,(H2,97,116)(H,99,117)(H,100,118)(H,101,122)(H,102,123)(H,103,124)(H,104,121)(H,119,120)/t65-,67+,73+,74+,75+,76+,77+,78+,79+,80+,81+/m1/s1. The van der Waals surface area contributed by atoms with E-state index in [1.165, 1.54) is 93.6 Å². The Labute approximate surface area is 765 Å².